The average Bonchev–Trinajstić information content (AvgIpc) is 2.89. The molecule has 1 atom stereocenters. The van der Waals surface area contributed by atoms with E-state index in [2.05, 4.69) is 27.3 Å². The molecule has 0 heterocycles. The molecule has 0 saturated carbocycles. The summed E-state index contributed by atoms with van der Waals surface area (Å²) in [6, 6.07) is -1.01. The van der Waals surface area contributed by atoms with E-state index in [-0.39, 0.29) is 37.5 Å². The van der Waals surface area contributed by atoms with Gasteiger partial charge in [-0.25, -0.2) is 9.59 Å². The van der Waals surface area contributed by atoms with Gasteiger partial charge in [-0.1, -0.05) is 39.3 Å². The number of allylic oxidation sites excluding steroid dienone is 1. The van der Waals surface area contributed by atoms with E-state index in [9.17, 15) is 37.1 Å². The van der Waals surface area contributed by atoms with Crippen LogP contribution in [0.4, 0.5) is 13.2 Å². The van der Waals surface area contributed by atoms with Gasteiger partial charge in [0, 0.05) is 19.7 Å². The van der Waals surface area contributed by atoms with Gasteiger partial charge in [-0.15, -0.1) is 0 Å². The summed E-state index contributed by atoms with van der Waals surface area (Å²) in [5, 5.41) is 14.7. The number of aliphatic carboxylic acids is 1. The van der Waals surface area contributed by atoms with Crippen LogP contribution in [-0.2, 0) is 33.5 Å². The van der Waals surface area contributed by atoms with Crippen molar-refractivity contribution >= 4 is 35.6 Å². The molecule has 0 aromatic rings. The quantitative estimate of drug-likeness (QED) is 0.133. The zero-order chi connectivity index (χ0) is 31.5. The first-order valence-electron chi connectivity index (χ1n) is 12.1. The van der Waals surface area contributed by atoms with Gasteiger partial charge < -0.3 is 36.4 Å². The molecule has 40 heavy (non-hydrogen) atoms. The Balaban J connectivity index is 0. The Hall–Kier alpha value is -3.95. The van der Waals surface area contributed by atoms with Crippen LogP contribution in [0.1, 0.15) is 39.5 Å². The van der Waals surface area contributed by atoms with Crippen molar-refractivity contribution in [3.63, 3.8) is 0 Å². The van der Waals surface area contributed by atoms with Gasteiger partial charge in [0.05, 0.1) is 25.9 Å². The zero-order valence-corrected chi connectivity index (χ0v) is 22.9. The maximum absolute atomic E-state index is 12.6. The predicted molar refractivity (Wildman–Crippen MR) is 137 cm³/mol. The van der Waals surface area contributed by atoms with E-state index in [4.69, 9.17) is 15.6 Å². The average molecular weight is 582 g/mol. The molecular formula is C24H38F3N5O8. The number of hydrogen-bond acceptors (Lipinski definition) is 8. The van der Waals surface area contributed by atoms with E-state index in [1.54, 1.807) is 0 Å². The van der Waals surface area contributed by atoms with Gasteiger partial charge in [0.1, 0.15) is 6.04 Å². The molecule has 6 N–H and O–H groups in total. The number of nitrogens with one attached hydrogen (secondary N) is 3. The molecule has 0 radical (unpaired) electrons. The Morgan fingerprint density at radius 3 is 2.10 bits per heavy atom. The highest BCUT2D eigenvalue weighted by molar-refractivity contribution is 6.00. The Morgan fingerprint density at radius 2 is 1.65 bits per heavy atom. The van der Waals surface area contributed by atoms with Crippen LogP contribution in [0.2, 0.25) is 0 Å². The van der Waals surface area contributed by atoms with E-state index in [0.29, 0.717) is 12.5 Å². The van der Waals surface area contributed by atoms with Crippen LogP contribution in [0.5, 0.6) is 0 Å². The topological polar surface area (TPSA) is 197 Å². The first-order valence-corrected chi connectivity index (χ1v) is 12.1. The number of methoxy groups -OCH3 is 1. The summed E-state index contributed by atoms with van der Waals surface area (Å²) in [5.74, 6) is -5.13. The van der Waals surface area contributed by atoms with Crippen molar-refractivity contribution < 1.29 is 51.8 Å². The molecule has 0 aliphatic heterocycles. The molecule has 0 fully saturated rings. The fourth-order valence-corrected chi connectivity index (χ4v) is 2.73. The van der Waals surface area contributed by atoms with Crippen LogP contribution in [-0.4, -0.2) is 91.6 Å². The molecule has 0 saturated heterocycles. The van der Waals surface area contributed by atoms with Gasteiger partial charge >= 0.3 is 18.1 Å². The highest BCUT2D eigenvalue weighted by Gasteiger charge is 2.38. The third kappa shape index (κ3) is 17.5. The number of halogens is 3. The Labute approximate surface area is 230 Å². The van der Waals surface area contributed by atoms with E-state index in [1.165, 1.54) is 26.3 Å². The molecule has 0 rings (SSSR count). The zero-order valence-electron chi connectivity index (χ0n) is 22.9. The van der Waals surface area contributed by atoms with Crippen molar-refractivity contribution in [1.29, 1.82) is 0 Å². The molecule has 0 aliphatic carbocycles. The van der Waals surface area contributed by atoms with Gasteiger partial charge in [0.25, 0.3) is 5.91 Å². The molecule has 0 unspecified atom stereocenters. The number of rotatable bonds is 15. The largest absolute Gasteiger partial charge is 0.490 e. The molecule has 0 spiro atoms. The maximum atomic E-state index is 12.6. The van der Waals surface area contributed by atoms with Crippen LogP contribution >= 0.6 is 0 Å². The minimum atomic E-state index is -5.08. The first kappa shape index (κ1) is 38.2. The number of esters is 1. The van der Waals surface area contributed by atoms with E-state index in [1.807, 2.05) is 13.8 Å². The van der Waals surface area contributed by atoms with Crippen LogP contribution in [0.3, 0.4) is 0 Å². The van der Waals surface area contributed by atoms with Crippen LogP contribution < -0.4 is 21.7 Å². The second-order valence-electron chi connectivity index (χ2n) is 8.25. The number of nitrogens with zero attached hydrogens (tertiary/aromatic N) is 1. The molecule has 13 nitrogen and oxygen atoms in total. The molecule has 228 valence electrons. The fraction of sp³-hybridized carbons (Fsp3) is 0.583. The van der Waals surface area contributed by atoms with E-state index < -0.39 is 41.9 Å². The number of carboxylic acids is 1. The lowest BCUT2D eigenvalue weighted by atomic mass is 10.0. The molecular weight excluding hydrogens is 543 g/mol. The predicted octanol–water partition coefficient (Wildman–Crippen LogP) is 0.213. The van der Waals surface area contributed by atoms with Gasteiger partial charge in [-0.2, -0.15) is 13.2 Å². The SMILES string of the molecule is C=C(NC(=O)[C@H](CCC=CC(=O)OC)NC(=O)CN)C(=O)N(C)CC(=O)NCC(CC)CC.O=C(O)C(F)(F)F. The number of carboxylic acid groups (broad SMARTS) is 1. The van der Waals surface area contributed by atoms with Crippen LogP contribution in [0.25, 0.3) is 0 Å². The third-order valence-electron chi connectivity index (χ3n) is 5.16. The lowest BCUT2D eigenvalue weighted by Crippen LogP contribution is -2.50. The number of carbonyl (C=O) groups excluding carboxylic acids is 5. The second-order valence-corrected chi connectivity index (χ2v) is 8.25. The number of amides is 4. The molecule has 0 aromatic carbocycles. The second kappa shape index (κ2) is 20.0. The van der Waals surface area contributed by atoms with Crippen molar-refractivity contribution in [1.82, 2.24) is 20.9 Å². The lowest BCUT2D eigenvalue weighted by Gasteiger charge is -2.21. The minimum absolute atomic E-state index is 0.140. The highest BCUT2D eigenvalue weighted by atomic mass is 19.4. The summed E-state index contributed by atoms with van der Waals surface area (Å²) in [6.07, 6.45) is -0.0978. The number of ether oxygens (including phenoxy) is 1. The van der Waals surface area contributed by atoms with Gasteiger partial charge in [0.15, 0.2) is 0 Å². The van der Waals surface area contributed by atoms with Crippen LogP contribution in [0.15, 0.2) is 24.4 Å². The van der Waals surface area contributed by atoms with E-state index >= 15 is 0 Å². The number of likely N-dealkylation sites (N-methyl/N-ethyl adjacent to an activating group) is 1. The Bertz CT molecular complexity index is 921. The molecule has 0 aromatic heterocycles. The normalized spacial score (nSPS) is 11.5. The number of hydrogen-bond donors (Lipinski definition) is 5. The van der Waals surface area contributed by atoms with Gasteiger partial charge in [-0.05, 0) is 18.8 Å². The summed E-state index contributed by atoms with van der Waals surface area (Å²) >= 11 is 0. The number of alkyl halides is 3. The Kier molecular flexibility index (Phi) is 19.1. The smallest absolute Gasteiger partial charge is 0.475 e. The summed E-state index contributed by atoms with van der Waals surface area (Å²) in [4.78, 5) is 70.0. The number of nitrogens with two attached hydrogens (primary N) is 1. The van der Waals surface area contributed by atoms with Crippen molar-refractivity contribution in [2.24, 2.45) is 11.7 Å². The summed E-state index contributed by atoms with van der Waals surface area (Å²) < 4.78 is 36.2. The fourth-order valence-electron chi connectivity index (χ4n) is 2.73. The van der Waals surface area contributed by atoms with Crippen molar-refractivity contribution in [3.8, 4) is 0 Å². The first-order chi connectivity index (χ1) is 18.5. The summed E-state index contributed by atoms with van der Waals surface area (Å²) in [7, 11) is 2.66. The van der Waals surface area contributed by atoms with Crippen LogP contribution in [0, 0.1) is 5.92 Å². The monoisotopic (exact) mass is 581 g/mol. The lowest BCUT2D eigenvalue weighted by molar-refractivity contribution is -0.192. The third-order valence-corrected chi connectivity index (χ3v) is 5.16. The number of carbonyl (C=O) groups is 6. The van der Waals surface area contributed by atoms with Crippen molar-refractivity contribution in [3.05, 3.63) is 24.4 Å². The Morgan fingerprint density at radius 1 is 1.10 bits per heavy atom. The molecule has 4 amide bonds. The van der Waals surface area contributed by atoms with E-state index in [0.717, 1.165) is 17.7 Å². The highest BCUT2D eigenvalue weighted by Crippen LogP contribution is 2.13. The molecule has 16 heteroatoms. The molecule has 0 aliphatic rings. The maximum Gasteiger partial charge on any atom is 0.490 e. The van der Waals surface area contributed by atoms with Crippen molar-refractivity contribution in [2.45, 2.75) is 51.7 Å². The summed E-state index contributed by atoms with van der Waals surface area (Å²) in [6.45, 7) is 7.66. The molecule has 0 bridgehead atoms. The van der Waals surface area contributed by atoms with Crippen molar-refractivity contribution in [2.75, 3.05) is 33.8 Å². The summed E-state index contributed by atoms with van der Waals surface area (Å²) in [5.41, 5.74) is 5.05. The standard InChI is InChI=1S/C22H37N5O6.C2HF3O2/c1-6-16(7-2)13-24-19(29)14-27(4)22(32)15(3)25-21(31)17(26-18(28)12-23)10-8-9-11-20(30)33-5;3-2(4,5)1(6)7/h9,11,16-17H,3,6-8,10,12-14,23H2,1-2,4-5H3,(H,24,29)(H,25,31)(H,26,28);(H,6,7)/t17-;/m0./s1. The van der Waals surface area contributed by atoms with Gasteiger partial charge in [0.2, 0.25) is 17.7 Å². The van der Waals surface area contributed by atoms with Gasteiger partial charge in [-0.3, -0.25) is 19.2 Å². The minimum Gasteiger partial charge on any atom is -0.475 e.